The summed E-state index contributed by atoms with van der Waals surface area (Å²) in [5.41, 5.74) is 2.28. The number of nitrogens with zero attached hydrogens (tertiary/aromatic N) is 1. The van der Waals surface area contributed by atoms with Crippen molar-refractivity contribution in [3.63, 3.8) is 0 Å². The lowest BCUT2D eigenvalue weighted by Crippen LogP contribution is -2.20. The SMILES string of the molecule is O=C1CCC(=NCCC(c2cccc(Cl)c2)c2cccc(Cl)c2)N1. The maximum absolute atomic E-state index is 11.2. The van der Waals surface area contributed by atoms with Gasteiger partial charge >= 0.3 is 0 Å². The van der Waals surface area contributed by atoms with E-state index in [0.29, 0.717) is 29.4 Å². The molecule has 1 heterocycles. The Balaban J connectivity index is 1.81. The maximum Gasteiger partial charge on any atom is 0.225 e. The molecule has 1 aliphatic rings. The second-order valence-electron chi connectivity index (χ2n) is 5.83. The minimum Gasteiger partial charge on any atom is -0.315 e. The minimum atomic E-state index is 0.0509. The van der Waals surface area contributed by atoms with Crippen molar-refractivity contribution in [1.29, 1.82) is 0 Å². The fraction of sp³-hybridized carbons (Fsp3) is 0.263. The van der Waals surface area contributed by atoms with Crippen molar-refractivity contribution in [2.24, 2.45) is 4.99 Å². The summed E-state index contributed by atoms with van der Waals surface area (Å²) in [6.07, 6.45) is 2.06. The molecule has 3 rings (SSSR count). The third-order valence-electron chi connectivity index (χ3n) is 4.10. The molecule has 1 amide bonds. The second-order valence-corrected chi connectivity index (χ2v) is 6.70. The molecule has 3 nitrogen and oxygen atoms in total. The highest BCUT2D eigenvalue weighted by Crippen LogP contribution is 2.31. The first kappa shape index (κ1) is 17.0. The van der Waals surface area contributed by atoms with Gasteiger partial charge in [-0.15, -0.1) is 0 Å². The Bertz CT molecular complexity index is 728. The lowest BCUT2D eigenvalue weighted by atomic mass is 9.88. The van der Waals surface area contributed by atoms with Gasteiger partial charge in [0.1, 0.15) is 5.84 Å². The summed E-state index contributed by atoms with van der Waals surface area (Å²) < 4.78 is 0. The summed E-state index contributed by atoms with van der Waals surface area (Å²) in [7, 11) is 0. The number of amidine groups is 1. The molecule has 0 spiro atoms. The molecule has 2 aromatic rings. The lowest BCUT2D eigenvalue weighted by Gasteiger charge is -2.18. The third kappa shape index (κ3) is 4.37. The Kier molecular flexibility index (Phi) is 5.54. The largest absolute Gasteiger partial charge is 0.315 e. The van der Waals surface area contributed by atoms with Crippen LogP contribution >= 0.6 is 23.2 Å². The number of hydrogen-bond acceptors (Lipinski definition) is 2. The Morgan fingerprint density at radius 3 is 2.12 bits per heavy atom. The molecular formula is C19H18Cl2N2O. The summed E-state index contributed by atoms with van der Waals surface area (Å²) in [4.78, 5) is 15.8. The number of nitrogens with one attached hydrogen (secondary N) is 1. The smallest absolute Gasteiger partial charge is 0.225 e. The molecule has 0 atom stereocenters. The van der Waals surface area contributed by atoms with Gasteiger partial charge in [-0.1, -0.05) is 47.5 Å². The molecule has 5 heteroatoms. The molecule has 124 valence electrons. The van der Waals surface area contributed by atoms with Gasteiger partial charge in [0.25, 0.3) is 0 Å². The highest BCUT2D eigenvalue weighted by molar-refractivity contribution is 6.31. The van der Waals surface area contributed by atoms with Crippen LogP contribution in [-0.4, -0.2) is 18.3 Å². The Labute approximate surface area is 151 Å². The van der Waals surface area contributed by atoms with Gasteiger partial charge in [0.15, 0.2) is 0 Å². The zero-order valence-electron chi connectivity index (χ0n) is 13.1. The van der Waals surface area contributed by atoms with Crippen molar-refractivity contribution >= 4 is 34.9 Å². The van der Waals surface area contributed by atoms with Gasteiger partial charge in [0.2, 0.25) is 5.91 Å². The molecule has 0 unspecified atom stereocenters. The maximum atomic E-state index is 11.2. The van der Waals surface area contributed by atoms with Gasteiger partial charge < -0.3 is 5.32 Å². The molecule has 1 saturated heterocycles. The van der Waals surface area contributed by atoms with Crippen LogP contribution in [0.3, 0.4) is 0 Å². The van der Waals surface area contributed by atoms with E-state index in [2.05, 4.69) is 22.4 Å². The number of rotatable bonds is 5. The monoisotopic (exact) mass is 360 g/mol. The van der Waals surface area contributed by atoms with E-state index in [4.69, 9.17) is 23.2 Å². The normalized spacial score (nSPS) is 16.0. The molecule has 1 fully saturated rings. The summed E-state index contributed by atoms with van der Waals surface area (Å²) in [5, 5.41) is 4.23. The average Bonchev–Trinajstić information content (AvgIpc) is 2.97. The van der Waals surface area contributed by atoms with E-state index >= 15 is 0 Å². The molecular weight excluding hydrogens is 343 g/mol. The average molecular weight is 361 g/mol. The van der Waals surface area contributed by atoms with Gasteiger partial charge in [0, 0.05) is 35.3 Å². The predicted octanol–water partition coefficient (Wildman–Crippen LogP) is 4.82. The van der Waals surface area contributed by atoms with E-state index < -0.39 is 0 Å². The first-order valence-electron chi connectivity index (χ1n) is 7.96. The first-order chi connectivity index (χ1) is 11.6. The molecule has 1 N–H and O–H groups in total. The zero-order valence-corrected chi connectivity index (χ0v) is 14.6. The van der Waals surface area contributed by atoms with Gasteiger partial charge in [-0.2, -0.15) is 0 Å². The topological polar surface area (TPSA) is 41.5 Å². The Morgan fingerprint density at radius 2 is 1.62 bits per heavy atom. The van der Waals surface area contributed by atoms with Crippen LogP contribution in [0.5, 0.6) is 0 Å². The lowest BCUT2D eigenvalue weighted by molar-refractivity contribution is -0.118. The van der Waals surface area contributed by atoms with Gasteiger partial charge in [-0.05, 0) is 41.8 Å². The van der Waals surface area contributed by atoms with Crippen LogP contribution in [-0.2, 0) is 4.79 Å². The molecule has 0 bridgehead atoms. The van der Waals surface area contributed by atoms with Crippen LogP contribution in [0.2, 0.25) is 10.0 Å². The van der Waals surface area contributed by atoms with E-state index in [1.54, 1.807) is 0 Å². The van der Waals surface area contributed by atoms with E-state index in [-0.39, 0.29) is 11.8 Å². The summed E-state index contributed by atoms with van der Waals surface area (Å²) in [6, 6.07) is 15.8. The second kappa shape index (κ2) is 7.82. The standard InChI is InChI=1S/C19H18Cl2N2O/c20-15-5-1-3-13(11-15)17(14-4-2-6-16(21)12-14)9-10-22-18-7-8-19(24)23-18/h1-6,11-12,17H,7-10H2,(H,22,23,24). The van der Waals surface area contributed by atoms with Gasteiger partial charge in [-0.25, -0.2) is 0 Å². The zero-order chi connectivity index (χ0) is 16.9. The molecule has 1 aliphatic heterocycles. The number of halogens is 2. The van der Waals surface area contributed by atoms with Crippen LogP contribution < -0.4 is 5.32 Å². The molecule has 0 radical (unpaired) electrons. The number of benzene rings is 2. The van der Waals surface area contributed by atoms with Gasteiger partial charge in [0.05, 0.1) is 0 Å². The van der Waals surface area contributed by atoms with E-state index in [1.807, 2.05) is 36.4 Å². The highest BCUT2D eigenvalue weighted by Gasteiger charge is 2.17. The quantitative estimate of drug-likeness (QED) is 0.815. The van der Waals surface area contributed by atoms with Crippen LogP contribution in [0.15, 0.2) is 53.5 Å². The molecule has 2 aromatic carbocycles. The molecule has 24 heavy (non-hydrogen) atoms. The summed E-state index contributed by atoms with van der Waals surface area (Å²) in [6.45, 7) is 0.638. The van der Waals surface area contributed by atoms with Crippen molar-refractivity contribution < 1.29 is 4.79 Å². The summed E-state index contributed by atoms with van der Waals surface area (Å²) in [5.74, 6) is 0.995. The minimum absolute atomic E-state index is 0.0509. The number of hydrogen-bond donors (Lipinski definition) is 1. The Hall–Kier alpha value is -1.84. The van der Waals surface area contributed by atoms with Crippen molar-refractivity contribution in [2.45, 2.75) is 25.2 Å². The van der Waals surface area contributed by atoms with Crippen molar-refractivity contribution in [2.75, 3.05) is 6.54 Å². The molecule has 0 aromatic heterocycles. The fourth-order valence-electron chi connectivity index (χ4n) is 2.94. The van der Waals surface area contributed by atoms with Gasteiger partial charge in [-0.3, -0.25) is 9.79 Å². The number of carbonyl (C=O) groups is 1. The van der Waals surface area contributed by atoms with Crippen LogP contribution in [0.25, 0.3) is 0 Å². The van der Waals surface area contributed by atoms with Crippen LogP contribution in [0, 0.1) is 0 Å². The van der Waals surface area contributed by atoms with Crippen LogP contribution in [0.4, 0.5) is 0 Å². The van der Waals surface area contributed by atoms with E-state index in [1.165, 1.54) is 0 Å². The number of carbonyl (C=O) groups excluding carboxylic acids is 1. The van der Waals surface area contributed by atoms with Crippen molar-refractivity contribution in [3.05, 3.63) is 69.7 Å². The van der Waals surface area contributed by atoms with Crippen molar-refractivity contribution in [1.82, 2.24) is 5.32 Å². The fourth-order valence-corrected chi connectivity index (χ4v) is 3.33. The highest BCUT2D eigenvalue weighted by atomic mass is 35.5. The van der Waals surface area contributed by atoms with E-state index in [0.717, 1.165) is 23.4 Å². The number of aliphatic imine (C=N–C) groups is 1. The summed E-state index contributed by atoms with van der Waals surface area (Å²) >= 11 is 12.3. The van der Waals surface area contributed by atoms with Crippen molar-refractivity contribution in [3.8, 4) is 0 Å². The molecule has 0 aliphatic carbocycles. The molecule has 0 saturated carbocycles. The third-order valence-corrected chi connectivity index (χ3v) is 4.57. The predicted molar refractivity (Wildman–Crippen MR) is 99.0 cm³/mol. The first-order valence-corrected chi connectivity index (χ1v) is 8.71. The number of amides is 1. The van der Waals surface area contributed by atoms with E-state index in [9.17, 15) is 4.79 Å². The Morgan fingerprint density at radius 1 is 1.00 bits per heavy atom. The van der Waals surface area contributed by atoms with Crippen LogP contribution in [0.1, 0.15) is 36.3 Å².